The van der Waals surface area contributed by atoms with Crippen LogP contribution in [0.15, 0.2) is 47.5 Å². The molecule has 2 aromatic rings. The van der Waals surface area contributed by atoms with Gasteiger partial charge in [-0.05, 0) is 31.2 Å². The van der Waals surface area contributed by atoms with Crippen LogP contribution in [0.1, 0.15) is 22.8 Å². The van der Waals surface area contributed by atoms with Gasteiger partial charge in [-0.3, -0.25) is 4.79 Å². The van der Waals surface area contributed by atoms with Crippen LogP contribution in [0.2, 0.25) is 0 Å². The van der Waals surface area contributed by atoms with Crippen molar-refractivity contribution in [2.45, 2.75) is 24.1 Å². The number of alkyl halides is 3. The molecule has 2 heterocycles. The van der Waals surface area contributed by atoms with Crippen LogP contribution < -0.4 is 4.74 Å². The number of nitrogens with zero attached hydrogens (tertiary/aromatic N) is 2. The van der Waals surface area contributed by atoms with E-state index in [1.54, 1.807) is 0 Å². The molecule has 0 unspecified atom stereocenters. The Morgan fingerprint density at radius 2 is 1.81 bits per heavy atom. The molecule has 0 aliphatic carbocycles. The number of Topliss-reactive ketones (excluding diaryl/α,β-unsaturated/α-hetero) is 1. The van der Waals surface area contributed by atoms with Crippen molar-refractivity contribution in [2.75, 3.05) is 13.1 Å². The summed E-state index contributed by atoms with van der Waals surface area (Å²) in [5, 5.41) is 0. The van der Waals surface area contributed by atoms with Crippen molar-refractivity contribution < 1.29 is 31.1 Å². The SMILES string of the molecule is CC(=O)c1ccc(S(=O)(=O)N2CC(Oc3ncccc3C(F)(F)F)C2)cc1. The van der Waals surface area contributed by atoms with E-state index in [-0.39, 0.29) is 23.8 Å². The van der Waals surface area contributed by atoms with Gasteiger partial charge in [0, 0.05) is 11.8 Å². The molecule has 3 rings (SSSR count). The maximum absolute atomic E-state index is 12.9. The third-order valence-corrected chi connectivity index (χ3v) is 5.91. The molecule has 1 aromatic carbocycles. The molecule has 10 heteroatoms. The average Bonchev–Trinajstić information content (AvgIpc) is 2.57. The number of pyridine rings is 1. The summed E-state index contributed by atoms with van der Waals surface area (Å²) in [4.78, 5) is 14.9. The van der Waals surface area contributed by atoms with E-state index < -0.39 is 33.7 Å². The minimum Gasteiger partial charge on any atom is -0.471 e. The van der Waals surface area contributed by atoms with Gasteiger partial charge in [0.1, 0.15) is 11.7 Å². The van der Waals surface area contributed by atoms with Crippen LogP contribution in [0.3, 0.4) is 0 Å². The quantitative estimate of drug-likeness (QED) is 0.722. The molecule has 0 bridgehead atoms. The standard InChI is InChI=1S/C17H15F3N2O4S/c1-11(23)12-4-6-14(7-5-12)27(24,25)22-9-13(10-22)26-16-15(17(18,19)20)3-2-8-21-16/h2-8,13H,9-10H2,1H3. The molecule has 1 aliphatic rings. The number of hydrogen-bond acceptors (Lipinski definition) is 5. The van der Waals surface area contributed by atoms with Gasteiger partial charge in [0.05, 0.1) is 18.0 Å². The molecule has 6 nitrogen and oxygen atoms in total. The first kappa shape index (κ1) is 19.3. The van der Waals surface area contributed by atoms with Gasteiger partial charge in [-0.25, -0.2) is 13.4 Å². The molecule has 0 saturated carbocycles. The Bertz CT molecular complexity index is 953. The number of aromatic nitrogens is 1. The summed E-state index contributed by atoms with van der Waals surface area (Å²) in [6, 6.07) is 7.46. The van der Waals surface area contributed by atoms with E-state index in [0.717, 1.165) is 16.4 Å². The first-order valence-electron chi connectivity index (χ1n) is 7.89. The predicted octanol–water partition coefficient (Wildman–Crippen LogP) is 2.75. The van der Waals surface area contributed by atoms with Crippen molar-refractivity contribution in [1.29, 1.82) is 0 Å². The monoisotopic (exact) mass is 400 g/mol. The van der Waals surface area contributed by atoms with Crippen LogP contribution in [-0.4, -0.2) is 42.7 Å². The number of rotatable bonds is 5. The van der Waals surface area contributed by atoms with Gasteiger partial charge in [-0.2, -0.15) is 17.5 Å². The van der Waals surface area contributed by atoms with E-state index in [4.69, 9.17) is 4.74 Å². The van der Waals surface area contributed by atoms with Gasteiger partial charge in [0.15, 0.2) is 5.78 Å². The van der Waals surface area contributed by atoms with Gasteiger partial charge < -0.3 is 4.74 Å². The van der Waals surface area contributed by atoms with Gasteiger partial charge in [0.25, 0.3) is 0 Å². The molecule has 27 heavy (non-hydrogen) atoms. The highest BCUT2D eigenvalue weighted by Crippen LogP contribution is 2.36. The first-order chi connectivity index (χ1) is 12.6. The lowest BCUT2D eigenvalue weighted by atomic mass is 10.2. The van der Waals surface area contributed by atoms with Crippen LogP contribution >= 0.6 is 0 Å². The van der Waals surface area contributed by atoms with Crippen molar-refractivity contribution in [1.82, 2.24) is 9.29 Å². The van der Waals surface area contributed by atoms with E-state index in [1.807, 2.05) is 0 Å². The Balaban J connectivity index is 1.68. The molecule has 1 aliphatic heterocycles. The molecular weight excluding hydrogens is 385 g/mol. The molecule has 0 atom stereocenters. The fourth-order valence-corrected chi connectivity index (χ4v) is 4.04. The summed E-state index contributed by atoms with van der Waals surface area (Å²) < 4.78 is 70.2. The summed E-state index contributed by atoms with van der Waals surface area (Å²) >= 11 is 0. The van der Waals surface area contributed by atoms with Crippen molar-refractivity contribution in [3.05, 3.63) is 53.7 Å². The minimum absolute atomic E-state index is 0.000216. The molecular formula is C17H15F3N2O4S. The van der Waals surface area contributed by atoms with E-state index in [2.05, 4.69) is 4.98 Å². The second-order valence-corrected chi connectivity index (χ2v) is 7.93. The highest BCUT2D eigenvalue weighted by molar-refractivity contribution is 7.89. The first-order valence-corrected chi connectivity index (χ1v) is 9.33. The summed E-state index contributed by atoms with van der Waals surface area (Å²) in [6.07, 6.45) is -4.17. The predicted molar refractivity (Wildman–Crippen MR) is 88.9 cm³/mol. The van der Waals surface area contributed by atoms with Gasteiger partial charge in [-0.15, -0.1) is 0 Å². The molecule has 0 radical (unpaired) electrons. The Labute approximate surface area is 153 Å². The second kappa shape index (κ2) is 6.93. The molecule has 1 fully saturated rings. The van der Waals surface area contributed by atoms with Crippen molar-refractivity contribution in [3.63, 3.8) is 0 Å². The zero-order valence-electron chi connectivity index (χ0n) is 14.1. The normalized spacial score (nSPS) is 16.0. The Kier molecular flexibility index (Phi) is 4.96. The minimum atomic E-state index is -4.61. The smallest absolute Gasteiger partial charge is 0.421 e. The van der Waals surface area contributed by atoms with E-state index in [9.17, 15) is 26.4 Å². The number of ether oxygens (including phenoxy) is 1. The largest absolute Gasteiger partial charge is 0.471 e. The van der Waals surface area contributed by atoms with Crippen LogP contribution in [-0.2, 0) is 16.2 Å². The Morgan fingerprint density at radius 1 is 1.19 bits per heavy atom. The van der Waals surface area contributed by atoms with E-state index in [0.29, 0.717) is 5.56 Å². The van der Waals surface area contributed by atoms with Crippen molar-refractivity contribution in [3.8, 4) is 5.88 Å². The molecule has 144 valence electrons. The summed E-state index contributed by atoms with van der Waals surface area (Å²) in [5.74, 6) is -0.759. The fourth-order valence-electron chi connectivity index (χ4n) is 2.54. The van der Waals surface area contributed by atoms with Crippen LogP contribution in [0, 0.1) is 0 Å². The third-order valence-electron chi connectivity index (χ3n) is 4.07. The van der Waals surface area contributed by atoms with E-state index in [1.165, 1.54) is 37.4 Å². The molecule has 1 saturated heterocycles. The number of sulfonamides is 1. The highest BCUT2D eigenvalue weighted by atomic mass is 32.2. The molecule has 0 amide bonds. The number of carbonyl (C=O) groups excluding carboxylic acids is 1. The third kappa shape index (κ3) is 3.96. The lowest BCUT2D eigenvalue weighted by molar-refractivity contribution is -0.140. The highest BCUT2D eigenvalue weighted by Gasteiger charge is 2.41. The number of benzene rings is 1. The summed E-state index contributed by atoms with van der Waals surface area (Å²) in [6.45, 7) is 1.18. The maximum Gasteiger partial charge on any atom is 0.421 e. The van der Waals surface area contributed by atoms with Gasteiger partial charge in [-0.1, -0.05) is 12.1 Å². The molecule has 0 N–H and O–H groups in total. The zero-order valence-corrected chi connectivity index (χ0v) is 14.9. The number of carbonyl (C=O) groups is 1. The van der Waals surface area contributed by atoms with E-state index >= 15 is 0 Å². The topological polar surface area (TPSA) is 76.6 Å². The zero-order chi connectivity index (χ0) is 19.8. The van der Waals surface area contributed by atoms with Crippen LogP contribution in [0.25, 0.3) is 0 Å². The lowest BCUT2D eigenvalue weighted by Crippen LogP contribution is -2.56. The summed E-state index contributed by atoms with van der Waals surface area (Å²) in [7, 11) is -3.81. The number of ketones is 1. The number of hydrogen-bond donors (Lipinski definition) is 0. The van der Waals surface area contributed by atoms with Crippen molar-refractivity contribution >= 4 is 15.8 Å². The molecule has 0 spiro atoms. The van der Waals surface area contributed by atoms with Crippen LogP contribution in [0.4, 0.5) is 13.2 Å². The average molecular weight is 400 g/mol. The Morgan fingerprint density at radius 3 is 2.37 bits per heavy atom. The molecule has 1 aromatic heterocycles. The van der Waals surface area contributed by atoms with Crippen molar-refractivity contribution in [2.24, 2.45) is 0 Å². The Hall–Kier alpha value is -2.46. The van der Waals surface area contributed by atoms with Gasteiger partial charge in [0.2, 0.25) is 15.9 Å². The lowest BCUT2D eigenvalue weighted by Gasteiger charge is -2.37. The van der Waals surface area contributed by atoms with Gasteiger partial charge >= 0.3 is 6.18 Å². The number of halogens is 3. The summed E-state index contributed by atoms with van der Waals surface area (Å²) in [5.41, 5.74) is -0.625. The van der Waals surface area contributed by atoms with Crippen LogP contribution in [0.5, 0.6) is 5.88 Å². The second-order valence-electron chi connectivity index (χ2n) is 6.00. The fraction of sp³-hybridized carbons (Fsp3) is 0.294. The maximum atomic E-state index is 12.9.